The third-order valence-corrected chi connectivity index (χ3v) is 4.25. The van der Waals surface area contributed by atoms with E-state index in [-0.39, 0.29) is 18.6 Å². The summed E-state index contributed by atoms with van der Waals surface area (Å²) < 4.78 is 5.07. The van der Waals surface area contributed by atoms with E-state index >= 15 is 0 Å². The van der Waals surface area contributed by atoms with Crippen LogP contribution in [0.1, 0.15) is 23.0 Å². The zero-order valence-electron chi connectivity index (χ0n) is 10.0. The smallest absolute Gasteiger partial charge is 0.264 e. The molecule has 1 amide bonds. The Morgan fingerprint density at radius 3 is 3.06 bits per heavy atom. The van der Waals surface area contributed by atoms with Crippen molar-refractivity contribution in [3.63, 3.8) is 0 Å². The molecule has 0 bridgehead atoms. The molecule has 2 rings (SSSR count). The predicted octanol–water partition coefficient (Wildman–Crippen LogP) is 1.60. The summed E-state index contributed by atoms with van der Waals surface area (Å²) in [6, 6.07) is 1.71. The average Bonchev–Trinajstić information content (AvgIpc) is 2.94. The van der Waals surface area contributed by atoms with E-state index in [4.69, 9.17) is 4.74 Å². The molecule has 1 aromatic heterocycles. The van der Waals surface area contributed by atoms with Crippen LogP contribution in [0.5, 0.6) is 5.75 Å². The third-order valence-electron chi connectivity index (χ3n) is 3.35. The van der Waals surface area contributed by atoms with Gasteiger partial charge in [0.05, 0.1) is 24.6 Å². The molecule has 0 aromatic carbocycles. The maximum Gasteiger partial charge on any atom is 0.264 e. The Hall–Kier alpha value is -1.07. The normalized spacial score (nSPS) is 24.1. The monoisotopic (exact) mass is 255 g/mol. The molecule has 17 heavy (non-hydrogen) atoms. The number of carbonyl (C=O) groups excluding carboxylic acids is 1. The first-order chi connectivity index (χ1) is 8.17. The Balaban J connectivity index is 2.14. The summed E-state index contributed by atoms with van der Waals surface area (Å²) in [6.45, 7) is 2.84. The van der Waals surface area contributed by atoms with Gasteiger partial charge in [0.2, 0.25) is 0 Å². The number of aliphatic hydroxyl groups excluding tert-OH is 1. The molecule has 0 saturated carbocycles. The van der Waals surface area contributed by atoms with Gasteiger partial charge in [-0.1, -0.05) is 6.92 Å². The highest BCUT2D eigenvalue weighted by atomic mass is 32.1. The van der Waals surface area contributed by atoms with E-state index in [0.29, 0.717) is 16.5 Å². The van der Waals surface area contributed by atoms with Crippen LogP contribution in [0.3, 0.4) is 0 Å². The second-order valence-electron chi connectivity index (χ2n) is 4.37. The van der Waals surface area contributed by atoms with Gasteiger partial charge in [0.15, 0.2) is 0 Å². The van der Waals surface area contributed by atoms with E-state index in [1.807, 2.05) is 5.38 Å². The van der Waals surface area contributed by atoms with Crippen molar-refractivity contribution in [2.24, 2.45) is 5.92 Å². The fourth-order valence-electron chi connectivity index (χ4n) is 2.22. The van der Waals surface area contributed by atoms with E-state index in [1.54, 1.807) is 18.1 Å². The predicted molar refractivity (Wildman–Crippen MR) is 66.6 cm³/mol. The van der Waals surface area contributed by atoms with Crippen molar-refractivity contribution in [1.29, 1.82) is 0 Å². The average molecular weight is 255 g/mol. The van der Waals surface area contributed by atoms with Gasteiger partial charge in [-0.15, -0.1) is 11.3 Å². The van der Waals surface area contributed by atoms with Gasteiger partial charge in [0, 0.05) is 18.0 Å². The number of aliphatic hydroxyl groups is 1. The number of methoxy groups -OCH3 is 1. The Morgan fingerprint density at radius 1 is 1.71 bits per heavy atom. The van der Waals surface area contributed by atoms with E-state index in [1.165, 1.54) is 11.3 Å². The van der Waals surface area contributed by atoms with Crippen LogP contribution in [0.2, 0.25) is 0 Å². The topological polar surface area (TPSA) is 49.8 Å². The number of nitrogens with zero attached hydrogens (tertiary/aromatic N) is 1. The highest BCUT2D eigenvalue weighted by molar-refractivity contribution is 7.12. The molecular weight excluding hydrogens is 238 g/mol. The molecule has 2 heterocycles. The molecule has 0 spiro atoms. The van der Waals surface area contributed by atoms with Gasteiger partial charge in [-0.25, -0.2) is 0 Å². The Kier molecular flexibility index (Phi) is 3.69. The minimum Gasteiger partial charge on any atom is -0.496 e. The van der Waals surface area contributed by atoms with Gasteiger partial charge < -0.3 is 14.7 Å². The number of hydrogen-bond donors (Lipinski definition) is 1. The molecule has 1 aliphatic heterocycles. The van der Waals surface area contributed by atoms with E-state index in [0.717, 1.165) is 13.0 Å². The van der Waals surface area contributed by atoms with Crippen molar-refractivity contribution in [3.8, 4) is 5.75 Å². The van der Waals surface area contributed by atoms with Gasteiger partial charge in [-0.2, -0.15) is 0 Å². The number of amides is 1. The van der Waals surface area contributed by atoms with Gasteiger partial charge in [-0.05, 0) is 12.3 Å². The molecule has 0 radical (unpaired) electrons. The lowest BCUT2D eigenvalue weighted by molar-refractivity contribution is 0.0653. The summed E-state index contributed by atoms with van der Waals surface area (Å²) in [7, 11) is 1.59. The zero-order chi connectivity index (χ0) is 12.4. The molecule has 1 aromatic rings. The molecular formula is C12H17NO3S. The van der Waals surface area contributed by atoms with Gasteiger partial charge in [-0.3, -0.25) is 4.79 Å². The van der Waals surface area contributed by atoms with Crippen LogP contribution in [0.4, 0.5) is 0 Å². The molecule has 0 aliphatic carbocycles. The second-order valence-corrected chi connectivity index (χ2v) is 5.28. The minimum absolute atomic E-state index is 0.00157. The Labute approximate surface area is 105 Å². The van der Waals surface area contributed by atoms with Crippen molar-refractivity contribution in [3.05, 3.63) is 16.3 Å². The van der Waals surface area contributed by atoms with E-state index in [2.05, 4.69) is 6.92 Å². The zero-order valence-corrected chi connectivity index (χ0v) is 10.9. The molecule has 4 nitrogen and oxygen atoms in total. The first kappa shape index (κ1) is 12.4. The summed E-state index contributed by atoms with van der Waals surface area (Å²) in [5.74, 6) is 1.08. The summed E-state index contributed by atoms with van der Waals surface area (Å²) in [4.78, 5) is 14.7. The van der Waals surface area contributed by atoms with Crippen molar-refractivity contribution in [2.45, 2.75) is 19.4 Å². The number of hydrogen-bond acceptors (Lipinski definition) is 4. The fourth-order valence-corrected chi connectivity index (χ4v) is 3.03. The van der Waals surface area contributed by atoms with Crippen LogP contribution in [-0.2, 0) is 0 Å². The van der Waals surface area contributed by atoms with Crippen LogP contribution in [-0.4, -0.2) is 42.2 Å². The van der Waals surface area contributed by atoms with Crippen LogP contribution >= 0.6 is 11.3 Å². The lowest BCUT2D eigenvalue weighted by atomic mass is 10.0. The van der Waals surface area contributed by atoms with Crippen LogP contribution in [0, 0.1) is 5.92 Å². The summed E-state index contributed by atoms with van der Waals surface area (Å²) in [5, 5.41) is 11.2. The van der Waals surface area contributed by atoms with Crippen LogP contribution in [0.25, 0.3) is 0 Å². The van der Waals surface area contributed by atoms with E-state index in [9.17, 15) is 9.90 Å². The largest absolute Gasteiger partial charge is 0.496 e. The van der Waals surface area contributed by atoms with Gasteiger partial charge >= 0.3 is 0 Å². The number of carbonyl (C=O) groups is 1. The quantitative estimate of drug-likeness (QED) is 0.892. The van der Waals surface area contributed by atoms with Crippen molar-refractivity contribution >= 4 is 17.2 Å². The highest BCUT2D eigenvalue weighted by Crippen LogP contribution is 2.28. The number of likely N-dealkylation sites (tertiary alicyclic amines) is 1. The number of thiophene rings is 1. The summed E-state index contributed by atoms with van der Waals surface area (Å²) in [5.41, 5.74) is 0. The maximum atomic E-state index is 12.3. The molecule has 1 aliphatic rings. The van der Waals surface area contributed by atoms with Gasteiger partial charge in [0.1, 0.15) is 5.75 Å². The van der Waals surface area contributed by atoms with Crippen molar-refractivity contribution < 1.29 is 14.6 Å². The molecule has 1 saturated heterocycles. The van der Waals surface area contributed by atoms with Crippen LogP contribution in [0.15, 0.2) is 11.4 Å². The SMILES string of the molecule is COc1csc(C(=O)N2CCC(C)C2CO)c1. The fraction of sp³-hybridized carbons (Fsp3) is 0.583. The lowest BCUT2D eigenvalue weighted by Crippen LogP contribution is -2.39. The van der Waals surface area contributed by atoms with Crippen molar-refractivity contribution in [2.75, 3.05) is 20.3 Å². The molecule has 2 unspecified atom stereocenters. The Morgan fingerprint density at radius 2 is 2.47 bits per heavy atom. The maximum absolute atomic E-state index is 12.3. The number of ether oxygens (including phenoxy) is 1. The molecule has 5 heteroatoms. The standard InChI is InChI=1S/C12H17NO3S/c1-8-3-4-13(10(8)6-14)12(15)11-5-9(16-2)7-17-11/h5,7-8,10,14H,3-4,6H2,1-2H3. The highest BCUT2D eigenvalue weighted by Gasteiger charge is 2.34. The van der Waals surface area contributed by atoms with Crippen LogP contribution < -0.4 is 4.74 Å². The number of rotatable bonds is 3. The second kappa shape index (κ2) is 5.06. The summed E-state index contributed by atoms with van der Waals surface area (Å²) >= 11 is 1.38. The third kappa shape index (κ3) is 2.30. The first-order valence-electron chi connectivity index (χ1n) is 5.71. The molecule has 2 atom stereocenters. The van der Waals surface area contributed by atoms with Gasteiger partial charge in [0.25, 0.3) is 5.91 Å². The minimum atomic E-state index is -0.0457. The van der Waals surface area contributed by atoms with E-state index < -0.39 is 0 Å². The molecule has 94 valence electrons. The summed E-state index contributed by atoms with van der Waals surface area (Å²) in [6.07, 6.45) is 0.958. The lowest BCUT2D eigenvalue weighted by Gasteiger charge is -2.24. The Bertz CT molecular complexity index is 404. The molecule has 1 fully saturated rings. The first-order valence-corrected chi connectivity index (χ1v) is 6.59. The van der Waals surface area contributed by atoms with Crippen molar-refractivity contribution in [1.82, 2.24) is 4.90 Å². The molecule has 1 N–H and O–H groups in total.